The molecule has 4 heteroatoms. The third-order valence-electron chi connectivity index (χ3n) is 2.80. The smallest absolute Gasteiger partial charge is 0.129 e. The van der Waals surface area contributed by atoms with Crippen LogP contribution in [0.4, 0.5) is 8.78 Å². The van der Waals surface area contributed by atoms with Gasteiger partial charge in [-0.1, -0.05) is 26.8 Å². The largest absolute Gasteiger partial charge is 0.313 e. The molecule has 0 saturated carbocycles. The second-order valence-corrected chi connectivity index (χ2v) is 6.58. The molecule has 0 aliphatic heterocycles. The second-order valence-electron chi connectivity index (χ2n) is 4.97. The molecule has 0 radical (unpaired) electrons. The fraction of sp³-hybridized carbons (Fsp3) is 0.600. The van der Waals surface area contributed by atoms with Crippen molar-refractivity contribution in [3.05, 3.63) is 35.4 Å². The van der Waals surface area contributed by atoms with Gasteiger partial charge in [0.25, 0.3) is 0 Å². The SMILES string of the molecule is CCCNC(CSC(C)C)Cc1ccc(F)cc1F. The topological polar surface area (TPSA) is 12.0 Å². The lowest BCUT2D eigenvalue weighted by atomic mass is 10.1. The molecule has 0 fully saturated rings. The lowest BCUT2D eigenvalue weighted by Crippen LogP contribution is -2.34. The zero-order valence-electron chi connectivity index (χ0n) is 11.9. The molecule has 0 bridgehead atoms. The van der Waals surface area contributed by atoms with Crippen LogP contribution in [0.2, 0.25) is 0 Å². The molecule has 108 valence electrons. The van der Waals surface area contributed by atoms with E-state index in [2.05, 4.69) is 26.1 Å². The van der Waals surface area contributed by atoms with E-state index in [4.69, 9.17) is 0 Å². The fourth-order valence-corrected chi connectivity index (χ4v) is 2.65. The van der Waals surface area contributed by atoms with Crippen LogP contribution < -0.4 is 5.32 Å². The molecule has 0 amide bonds. The second kappa shape index (κ2) is 8.54. The molecule has 0 aliphatic rings. The number of thioether (sulfide) groups is 1. The Labute approximate surface area is 119 Å². The standard InChI is InChI=1S/C15H23F2NS/c1-4-7-18-14(10-19-11(2)3)8-12-5-6-13(16)9-15(12)17/h5-6,9,11,14,18H,4,7-8,10H2,1-3H3. The molecular weight excluding hydrogens is 264 g/mol. The molecule has 0 aromatic heterocycles. The Morgan fingerprint density at radius 1 is 1.26 bits per heavy atom. The number of hydrogen-bond donors (Lipinski definition) is 1. The highest BCUT2D eigenvalue weighted by Gasteiger charge is 2.13. The maximum atomic E-state index is 13.7. The first-order valence-corrected chi connectivity index (χ1v) is 7.86. The van der Waals surface area contributed by atoms with Gasteiger partial charge in [0.1, 0.15) is 11.6 Å². The van der Waals surface area contributed by atoms with E-state index < -0.39 is 11.6 Å². The first kappa shape index (κ1) is 16.4. The minimum Gasteiger partial charge on any atom is -0.313 e. The number of rotatable bonds is 8. The fourth-order valence-electron chi connectivity index (χ4n) is 1.80. The van der Waals surface area contributed by atoms with Crippen LogP contribution in [-0.2, 0) is 6.42 Å². The number of benzene rings is 1. The average Bonchev–Trinajstić information content (AvgIpc) is 2.35. The predicted molar refractivity (Wildman–Crippen MR) is 79.7 cm³/mol. The van der Waals surface area contributed by atoms with E-state index in [1.165, 1.54) is 6.07 Å². The lowest BCUT2D eigenvalue weighted by molar-refractivity contribution is 0.523. The van der Waals surface area contributed by atoms with Crippen molar-refractivity contribution in [1.29, 1.82) is 0 Å². The van der Waals surface area contributed by atoms with Gasteiger partial charge in [0, 0.05) is 17.9 Å². The Balaban J connectivity index is 2.63. The molecule has 19 heavy (non-hydrogen) atoms. The van der Waals surface area contributed by atoms with Crippen LogP contribution in [0, 0.1) is 11.6 Å². The average molecular weight is 287 g/mol. The first-order chi connectivity index (χ1) is 9.02. The molecule has 1 nitrogen and oxygen atoms in total. The van der Waals surface area contributed by atoms with Crippen molar-refractivity contribution in [2.75, 3.05) is 12.3 Å². The van der Waals surface area contributed by atoms with E-state index in [1.807, 2.05) is 11.8 Å². The van der Waals surface area contributed by atoms with Crippen LogP contribution in [-0.4, -0.2) is 23.6 Å². The van der Waals surface area contributed by atoms with Crippen molar-refractivity contribution in [1.82, 2.24) is 5.32 Å². The van der Waals surface area contributed by atoms with E-state index in [9.17, 15) is 8.78 Å². The van der Waals surface area contributed by atoms with Gasteiger partial charge < -0.3 is 5.32 Å². The summed E-state index contributed by atoms with van der Waals surface area (Å²) in [5.74, 6) is -0.0252. The van der Waals surface area contributed by atoms with Crippen LogP contribution in [0.5, 0.6) is 0 Å². The highest BCUT2D eigenvalue weighted by atomic mass is 32.2. The van der Waals surface area contributed by atoms with Crippen molar-refractivity contribution >= 4 is 11.8 Å². The molecule has 1 unspecified atom stereocenters. The summed E-state index contributed by atoms with van der Waals surface area (Å²) in [6.07, 6.45) is 1.65. The molecule has 0 spiro atoms. The zero-order valence-corrected chi connectivity index (χ0v) is 12.7. The van der Waals surface area contributed by atoms with Gasteiger partial charge in [0.2, 0.25) is 0 Å². The summed E-state index contributed by atoms with van der Waals surface area (Å²) < 4.78 is 26.5. The van der Waals surface area contributed by atoms with Crippen LogP contribution in [0.1, 0.15) is 32.8 Å². The number of halogens is 2. The molecule has 1 aromatic rings. The maximum absolute atomic E-state index is 13.7. The van der Waals surface area contributed by atoms with E-state index in [1.54, 1.807) is 6.07 Å². The van der Waals surface area contributed by atoms with Crippen molar-refractivity contribution < 1.29 is 8.78 Å². The summed E-state index contributed by atoms with van der Waals surface area (Å²) in [6, 6.07) is 4.06. The molecule has 0 aliphatic carbocycles. The number of hydrogen-bond acceptors (Lipinski definition) is 2. The molecule has 1 N–H and O–H groups in total. The van der Waals surface area contributed by atoms with Gasteiger partial charge in [-0.15, -0.1) is 0 Å². The van der Waals surface area contributed by atoms with Crippen LogP contribution in [0.3, 0.4) is 0 Å². The van der Waals surface area contributed by atoms with Gasteiger partial charge in [-0.2, -0.15) is 11.8 Å². The highest BCUT2D eigenvalue weighted by molar-refractivity contribution is 7.99. The van der Waals surface area contributed by atoms with Gasteiger partial charge in [-0.25, -0.2) is 8.78 Å². The monoisotopic (exact) mass is 287 g/mol. The maximum Gasteiger partial charge on any atom is 0.129 e. The highest BCUT2D eigenvalue weighted by Crippen LogP contribution is 2.16. The molecule has 1 rings (SSSR count). The lowest BCUT2D eigenvalue weighted by Gasteiger charge is -2.19. The molecule has 0 heterocycles. The van der Waals surface area contributed by atoms with E-state index in [-0.39, 0.29) is 6.04 Å². The summed E-state index contributed by atoms with van der Waals surface area (Å²) in [5.41, 5.74) is 0.583. The Kier molecular flexibility index (Phi) is 7.39. The molecule has 1 atom stereocenters. The Hall–Kier alpha value is -0.610. The summed E-state index contributed by atoms with van der Waals surface area (Å²) in [6.45, 7) is 7.34. The van der Waals surface area contributed by atoms with Gasteiger partial charge >= 0.3 is 0 Å². The zero-order chi connectivity index (χ0) is 14.3. The van der Waals surface area contributed by atoms with Crippen molar-refractivity contribution in [3.63, 3.8) is 0 Å². The van der Waals surface area contributed by atoms with Crippen molar-refractivity contribution in [2.24, 2.45) is 0 Å². The molecule has 1 aromatic carbocycles. The van der Waals surface area contributed by atoms with E-state index in [0.29, 0.717) is 17.2 Å². The summed E-state index contributed by atoms with van der Waals surface area (Å²) in [5, 5.41) is 3.99. The summed E-state index contributed by atoms with van der Waals surface area (Å²) in [7, 11) is 0. The normalized spacial score (nSPS) is 12.9. The van der Waals surface area contributed by atoms with Gasteiger partial charge in [0.15, 0.2) is 0 Å². The Morgan fingerprint density at radius 2 is 2.00 bits per heavy atom. The predicted octanol–water partition coefficient (Wildman–Crippen LogP) is 4.02. The van der Waals surface area contributed by atoms with Gasteiger partial charge in [-0.3, -0.25) is 0 Å². The van der Waals surface area contributed by atoms with E-state index >= 15 is 0 Å². The quantitative estimate of drug-likeness (QED) is 0.775. The molecular formula is C15H23F2NS. The van der Waals surface area contributed by atoms with Crippen molar-refractivity contribution in [3.8, 4) is 0 Å². The van der Waals surface area contributed by atoms with Crippen LogP contribution >= 0.6 is 11.8 Å². The van der Waals surface area contributed by atoms with Crippen LogP contribution in [0.25, 0.3) is 0 Å². The third-order valence-corrected chi connectivity index (χ3v) is 4.06. The summed E-state index contributed by atoms with van der Waals surface area (Å²) in [4.78, 5) is 0. The third kappa shape index (κ3) is 6.39. The molecule has 0 saturated heterocycles. The summed E-state index contributed by atoms with van der Waals surface area (Å²) >= 11 is 1.86. The number of nitrogens with one attached hydrogen (secondary N) is 1. The minimum absolute atomic E-state index is 0.229. The minimum atomic E-state index is -0.518. The van der Waals surface area contributed by atoms with Gasteiger partial charge in [-0.05, 0) is 36.3 Å². The van der Waals surface area contributed by atoms with Crippen molar-refractivity contribution in [2.45, 2.75) is 44.9 Å². The first-order valence-electron chi connectivity index (χ1n) is 6.81. The Morgan fingerprint density at radius 3 is 2.58 bits per heavy atom. The van der Waals surface area contributed by atoms with E-state index in [0.717, 1.165) is 24.8 Å². The Bertz CT molecular complexity index is 382. The van der Waals surface area contributed by atoms with Gasteiger partial charge in [0.05, 0.1) is 0 Å². The van der Waals surface area contributed by atoms with Crippen LogP contribution in [0.15, 0.2) is 18.2 Å².